The number of carbonyl (C=O) groups excluding carboxylic acids is 1. The molecular formula is C18H14Cl2N4O4. The van der Waals surface area contributed by atoms with Crippen molar-refractivity contribution < 1.29 is 19.8 Å². The van der Waals surface area contributed by atoms with Crippen molar-refractivity contribution in [2.24, 2.45) is 0 Å². The Hall–Kier alpha value is -3.10. The zero-order valence-corrected chi connectivity index (χ0v) is 16.0. The third-order valence-electron chi connectivity index (χ3n) is 3.97. The van der Waals surface area contributed by atoms with Crippen molar-refractivity contribution in [2.75, 3.05) is 6.54 Å². The number of halogens is 2. The zero-order valence-electron chi connectivity index (χ0n) is 14.5. The number of aromatic nitrogens is 3. The number of aliphatic carboxylic acids is 1. The van der Waals surface area contributed by atoms with Gasteiger partial charge in [0.2, 0.25) is 0 Å². The van der Waals surface area contributed by atoms with Gasteiger partial charge in [-0.1, -0.05) is 23.2 Å². The smallest absolute Gasteiger partial charge is 0.322 e. The summed E-state index contributed by atoms with van der Waals surface area (Å²) in [5.41, 5.74) is 1.97. The van der Waals surface area contributed by atoms with Gasteiger partial charge in [0.15, 0.2) is 5.69 Å². The topological polar surface area (TPSA) is 117 Å². The number of rotatable bonds is 5. The van der Waals surface area contributed by atoms with E-state index in [0.717, 1.165) is 0 Å². The second kappa shape index (κ2) is 7.87. The van der Waals surface area contributed by atoms with Crippen molar-refractivity contribution in [3.05, 3.63) is 58.1 Å². The molecule has 144 valence electrons. The molecule has 0 saturated carbocycles. The summed E-state index contributed by atoms with van der Waals surface area (Å²) in [6.07, 6.45) is 4.68. The monoisotopic (exact) mass is 420 g/mol. The normalized spacial score (nSPS) is 10.7. The molecule has 0 atom stereocenters. The number of benzene rings is 1. The lowest BCUT2D eigenvalue weighted by Crippen LogP contribution is -2.30. The van der Waals surface area contributed by atoms with E-state index in [9.17, 15) is 14.7 Å². The zero-order chi connectivity index (χ0) is 20.4. The van der Waals surface area contributed by atoms with E-state index in [0.29, 0.717) is 32.4 Å². The SMILES string of the molecule is Cc1c(-c2cnn(-c3ccc(Cl)cc3Cl)c2)cnc(C(=O)NCC(=O)O)c1O. The highest BCUT2D eigenvalue weighted by atomic mass is 35.5. The molecule has 0 aliphatic rings. The molecule has 2 aromatic heterocycles. The van der Waals surface area contributed by atoms with Crippen molar-refractivity contribution in [3.8, 4) is 22.6 Å². The summed E-state index contributed by atoms with van der Waals surface area (Å²) in [6, 6.07) is 5.01. The molecular weight excluding hydrogens is 407 g/mol. The number of amides is 1. The Kier molecular flexibility index (Phi) is 5.53. The summed E-state index contributed by atoms with van der Waals surface area (Å²) in [5, 5.41) is 26.3. The van der Waals surface area contributed by atoms with Crippen molar-refractivity contribution in [3.63, 3.8) is 0 Å². The first-order chi connectivity index (χ1) is 13.3. The van der Waals surface area contributed by atoms with Gasteiger partial charge in [-0.3, -0.25) is 9.59 Å². The van der Waals surface area contributed by atoms with Gasteiger partial charge in [-0.05, 0) is 25.1 Å². The van der Waals surface area contributed by atoms with E-state index in [2.05, 4.69) is 15.4 Å². The lowest BCUT2D eigenvalue weighted by Gasteiger charge is -2.10. The number of aromatic hydroxyl groups is 1. The maximum Gasteiger partial charge on any atom is 0.322 e. The number of nitrogens with one attached hydrogen (secondary N) is 1. The quantitative estimate of drug-likeness (QED) is 0.583. The Morgan fingerprint density at radius 3 is 2.68 bits per heavy atom. The summed E-state index contributed by atoms with van der Waals surface area (Å²) < 4.78 is 1.55. The third-order valence-corrected chi connectivity index (χ3v) is 4.51. The van der Waals surface area contributed by atoms with Gasteiger partial charge in [-0.25, -0.2) is 9.67 Å². The van der Waals surface area contributed by atoms with E-state index in [1.54, 1.807) is 42.2 Å². The van der Waals surface area contributed by atoms with Gasteiger partial charge < -0.3 is 15.5 Å². The number of pyridine rings is 1. The van der Waals surface area contributed by atoms with Crippen LogP contribution in [0.1, 0.15) is 16.1 Å². The van der Waals surface area contributed by atoms with E-state index in [-0.39, 0.29) is 11.4 Å². The first-order valence-electron chi connectivity index (χ1n) is 7.97. The summed E-state index contributed by atoms with van der Waals surface area (Å²) in [6.45, 7) is 1.04. The van der Waals surface area contributed by atoms with Crippen molar-refractivity contribution >= 4 is 35.1 Å². The predicted molar refractivity (Wildman–Crippen MR) is 103 cm³/mol. The number of carbonyl (C=O) groups is 2. The Labute approximate surface area is 169 Å². The van der Waals surface area contributed by atoms with E-state index >= 15 is 0 Å². The fourth-order valence-electron chi connectivity index (χ4n) is 2.55. The average molecular weight is 421 g/mol. The Balaban J connectivity index is 1.93. The number of hydrogen-bond acceptors (Lipinski definition) is 5. The first kappa shape index (κ1) is 19.7. The lowest BCUT2D eigenvalue weighted by molar-refractivity contribution is -0.135. The molecule has 28 heavy (non-hydrogen) atoms. The standard InChI is InChI=1S/C18H14Cl2N4O4/c1-9-12(6-21-16(17(9)27)18(28)22-7-15(25)26)10-5-23-24(8-10)14-3-2-11(19)4-13(14)20/h2-6,8,27H,7H2,1H3,(H,22,28)(H,25,26). The third kappa shape index (κ3) is 3.92. The van der Waals surface area contributed by atoms with Crippen LogP contribution in [-0.2, 0) is 4.79 Å². The van der Waals surface area contributed by atoms with Gasteiger partial charge in [-0.2, -0.15) is 5.10 Å². The minimum Gasteiger partial charge on any atom is -0.505 e. The van der Waals surface area contributed by atoms with Crippen molar-refractivity contribution in [2.45, 2.75) is 6.92 Å². The van der Waals surface area contributed by atoms with Gasteiger partial charge in [0, 0.05) is 34.1 Å². The average Bonchev–Trinajstić information content (AvgIpc) is 3.11. The molecule has 0 fully saturated rings. The number of nitrogens with zero attached hydrogens (tertiary/aromatic N) is 3. The molecule has 10 heteroatoms. The highest BCUT2D eigenvalue weighted by Gasteiger charge is 2.19. The maximum atomic E-state index is 12.0. The number of hydrogen-bond donors (Lipinski definition) is 3. The molecule has 3 N–H and O–H groups in total. The Bertz CT molecular complexity index is 1080. The van der Waals surface area contributed by atoms with Gasteiger partial charge in [0.25, 0.3) is 5.91 Å². The highest BCUT2D eigenvalue weighted by molar-refractivity contribution is 6.35. The molecule has 0 spiro atoms. The van der Waals surface area contributed by atoms with E-state index in [1.165, 1.54) is 6.20 Å². The van der Waals surface area contributed by atoms with Crippen molar-refractivity contribution in [1.29, 1.82) is 0 Å². The van der Waals surface area contributed by atoms with Gasteiger partial charge in [-0.15, -0.1) is 0 Å². The molecule has 0 saturated heterocycles. The maximum absolute atomic E-state index is 12.0. The predicted octanol–water partition coefficient (Wildman–Crippen LogP) is 3.07. The van der Waals surface area contributed by atoms with Gasteiger partial charge in [0.1, 0.15) is 12.3 Å². The second-order valence-electron chi connectivity index (χ2n) is 5.84. The van der Waals surface area contributed by atoms with Crippen LogP contribution < -0.4 is 5.32 Å². The van der Waals surface area contributed by atoms with Crippen LogP contribution in [0.15, 0.2) is 36.8 Å². The van der Waals surface area contributed by atoms with E-state index < -0.39 is 18.4 Å². The lowest BCUT2D eigenvalue weighted by atomic mass is 10.0. The van der Waals surface area contributed by atoms with Crippen LogP contribution in [0.5, 0.6) is 5.75 Å². The Morgan fingerprint density at radius 2 is 2.00 bits per heavy atom. The molecule has 0 bridgehead atoms. The highest BCUT2D eigenvalue weighted by Crippen LogP contribution is 2.32. The van der Waals surface area contributed by atoms with Crippen LogP contribution >= 0.6 is 23.2 Å². The molecule has 3 rings (SSSR count). The number of carboxylic acids is 1. The molecule has 2 heterocycles. The summed E-state index contributed by atoms with van der Waals surface area (Å²) in [7, 11) is 0. The molecule has 1 amide bonds. The molecule has 8 nitrogen and oxygen atoms in total. The molecule has 0 unspecified atom stereocenters. The second-order valence-corrected chi connectivity index (χ2v) is 6.68. The van der Waals surface area contributed by atoms with Gasteiger partial charge >= 0.3 is 5.97 Å². The van der Waals surface area contributed by atoms with E-state index in [4.69, 9.17) is 28.3 Å². The largest absolute Gasteiger partial charge is 0.505 e. The minimum atomic E-state index is -1.20. The van der Waals surface area contributed by atoms with Crippen LogP contribution in [0, 0.1) is 6.92 Å². The number of carboxylic acid groups (broad SMARTS) is 1. The van der Waals surface area contributed by atoms with Crippen LogP contribution in [0.3, 0.4) is 0 Å². The van der Waals surface area contributed by atoms with E-state index in [1.807, 2.05) is 0 Å². The molecule has 0 radical (unpaired) electrons. The summed E-state index contributed by atoms with van der Waals surface area (Å²) in [5.74, 6) is -2.31. The molecule has 3 aromatic rings. The van der Waals surface area contributed by atoms with Crippen LogP contribution in [0.4, 0.5) is 0 Å². The van der Waals surface area contributed by atoms with Crippen LogP contribution in [0.25, 0.3) is 16.8 Å². The fourth-order valence-corrected chi connectivity index (χ4v) is 3.04. The molecule has 1 aromatic carbocycles. The summed E-state index contributed by atoms with van der Waals surface area (Å²) in [4.78, 5) is 26.5. The first-order valence-corrected chi connectivity index (χ1v) is 8.72. The molecule has 0 aliphatic heterocycles. The van der Waals surface area contributed by atoms with Crippen molar-refractivity contribution in [1.82, 2.24) is 20.1 Å². The van der Waals surface area contributed by atoms with Gasteiger partial charge in [0.05, 0.1) is 16.9 Å². The van der Waals surface area contributed by atoms with Crippen LogP contribution in [0.2, 0.25) is 10.0 Å². The fraction of sp³-hybridized carbons (Fsp3) is 0.111. The minimum absolute atomic E-state index is 0.254. The molecule has 0 aliphatic carbocycles. The van der Waals surface area contributed by atoms with Crippen LogP contribution in [-0.4, -0.2) is 43.4 Å². The Morgan fingerprint density at radius 1 is 1.25 bits per heavy atom. The summed E-state index contributed by atoms with van der Waals surface area (Å²) >= 11 is 12.1.